The fourth-order valence-corrected chi connectivity index (χ4v) is 2.85. The molecule has 0 radical (unpaired) electrons. The minimum absolute atomic E-state index is 0.0842. The summed E-state index contributed by atoms with van der Waals surface area (Å²) in [5.41, 5.74) is 0.918. The monoisotopic (exact) mass is 292 g/mol. The second-order valence-electron chi connectivity index (χ2n) is 5.39. The summed E-state index contributed by atoms with van der Waals surface area (Å²) in [6, 6.07) is 7.68. The SMILES string of the molecule is CC(C)(C)c1nnc2sc(-c3cccc(Cl)c3)nn12. The third-order valence-corrected chi connectivity index (χ3v) is 3.92. The average molecular weight is 293 g/mol. The molecule has 0 N–H and O–H groups in total. The zero-order chi connectivity index (χ0) is 13.6. The predicted molar refractivity (Wildman–Crippen MR) is 77.8 cm³/mol. The average Bonchev–Trinajstić information content (AvgIpc) is 2.85. The van der Waals surface area contributed by atoms with Crippen LogP contribution in [0.5, 0.6) is 0 Å². The quantitative estimate of drug-likeness (QED) is 0.685. The van der Waals surface area contributed by atoms with Crippen LogP contribution in [0.1, 0.15) is 26.6 Å². The van der Waals surface area contributed by atoms with Crippen molar-refractivity contribution < 1.29 is 0 Å². The molecule has 0 aliphatic carbocycles. The van der Waals surface area contributed by atoms with Gasteiger partial charge in [-0.3, -0.25) is 0 Å². The van der Waals surface area contributed by atoms with Crippen molar-refractivity contribution in [3.63, 3.8) is 0 Å². The van der Waals surface area contributed by atoms with E-state index in [2.05, 4.69) is 36.1 Å². The van der Waals surface area contributed by atoms with E-state index in [-0.39, 0.29) is 5.41 Å². The maximum atomic E-state index is 6.01. The summed E-state index contributed by atoms with van der Waals surface area (Å²) in [5, 5.41) is 14.6. The molecular weight excluding hydrogens is 280 g/mol. The number of aromatic nitrogens is 4. The molecule has 2 aromatic heterocycles. The maximum Gasteiger partial charge on any atom is 0.235 e. The fourth-order valence-electron chi connectivity index (χ4n) is 1.82. The van der Waals surface area contributed by atoms with Gasteiger partial charge in [0.15, 0.2) is 5.82 Å². The number of halogens is 1. The number of hydrogen-bond acceptors (Lipinski definition) is 4. The van der Waals surface area contributed by atoms with Crippen LogP contribution in [-0.2, 0) is 5.41 Å². The molecule has 0 saturated heterocycles. The largest absolute Gasteiger partial charge is 0.235 e. The molecule has 0 aliphatic rings. The highest BCUT2D eigenvalue weighted by atomic mass is 35.5. The van der Waals surface area contributed by atoms with Crippen molar-refractivity contribution in [2.24, 2.45) is 0 Å². The van der Waals surface area contributed by atoms with Gasteiger partial charge in [-0.25, -0.2) is 0 Å². The van der Waals surface area contributed by atoms with Gasteiger partial charge < -0.3 is 0 Å². The number of benzene rings is 1. The number of rotatable bonds is 1. The summed E-state index contributed by atoms with van der Waals surface area (Å²) in [6.07, 6.45) is 0. The zero-order valence-electron chi connectivity index (χ0n) is 10.9. The van der Waals surface area contributed by atoms with Crippen molar-refractivity contribution in [3.05, 3.63) is 35.1 Å². The van der Waals surface area contributed by atoms with Gasteiger partial charge in [-0.15, -0.1) is 10.2 Å². The molecule has 3 aromatic rings. The van der Waals surface area contributed by atoms with Gasteiger partial charge in [0, 0.05) is 16.0 Å². The molecular formula is C13H13ClN4S. The van der Waals surface area contributed by atoms with E-state index in [4.69, 9.17) is 11.6 Å². The lowest BCUT2D eigenvalue weighted by Crippen LogP contribution is -2.16. The lowest BCUT2D eigenvalue weighted by Gasteiger charge is -2.13. The summed E-state index contributed by atoms with van der Waals surface area (Å²) >= 11 is 7.53. The lowest BCUT2D eigenvalue weighted by molar-refractivity contribution is 0.528. The second-order valence-corrected chi connectivity index (χ2v) is 6.78. The third kappa shape index (κ3) is 2.24. The van der Waals surface area contributed by atoms with E-state index in [9.17, 15) is 0 Å². The minimum atomic E-state index is -0.0842. The van der Waals surface area contributed by atoms with E-state index < -0.39 is 0 Å². The van der Waals surface area contributed by atoms with Gasteiger partial charge in [-0.05, 0) is 12.1 Å². The first-order chi connectivity index (χ1) is 8.95. The topological polar surface area (TPSA) is 43.1 Å². The minimum Gasteiger partial charge on any atom is -0.186 e. The molecule has 2 heterocycles. The highest BCUT2D eigenvalue weighted by molar-refractivity contribution is 7.19. The van der Waals surface area contributed by atoms with Crippen molar-refractivity contribution in [2.45, 2.75) is 26.2 Å². The summed E-state index contributed by atoms with van der Waals surface area (Å²) < 4.78 is 1.82. The van der Waals surface area contributed by atoms with Crippen molar-refractivity contribution in [1.82, 2.24) is 19.8 Å². The molecule has 3 rings (SSSR count). The highest BCUT2D eigenvalue weighted by Gasteiger charge is 2.23. The number of nitrogens with zero attached hydrogens (tertiary/aromatic N) is 4. The van der Waals surface area contributed by atoms with Gasteiger partial charge in [0.1, 0.15) is 5.01 Å². The summed E-state index contributed by atoms with van der Waals surface area (Å²) in [5.74, 6) is 0.868. The molecule has 1 aromatic carbocycles. The molecule has 0 atom stereocenters. The van der Waals surface area contributed by atoms with Gasteiger partial charge in [-0.1, -0.05) is 55.8 Å². The van der Waals surface area contributed by atoms with E-state index in [1.165, 1.54) is 11.3 Å². The van der Waals surface area contributed by atoms with E-state index >= 15 is 0 Å². The third-order valence-electron chi connectivity index (χ3n) is 2.73. The van der Waals surface area contributed by atoms with Gasteiger partial charge >= 0.3 is 0 Å². The second kappa shape index (κ2) is 4.28. The first-order valence-corrected chi connectivity index (χ1v) is 7.13. The van der Waals surface area contributed by atoms with Crippen LogP contribution in [0.15, 0.2) is 24.3 Å². The van der Waals surface area contributed by atoms with Crippen LogP contribution in [-0.4, -0.2) is 19.8 Å². The van der Waals surface area contributed by atoms with Gasteiger partial charge in [0.25, 0.3) is 0 Å². The Kier molecular flexibility index (Phi) is 2.83. The summed E-state index contributed by atoms with van der Waals surface area (Å²) in [4.78, 5) is 0.805. The van der Waals surface area contributed by atoms with E-state index in [1.807, 2.05) is 28.8 Å². The fraction of sp³-hybridized carbons (Fsp3) is 0.308. The standard InChI is InChI=1S/C13H13ClN4S/c1-13(2,3)11-15-16-12-18(11)17-10(19-12)8-5-4-6-9(14)7-8/h4-7H,1-3H3. The van der Waals surface area contributed by atoms with E-state index in [0.717, 1.165) is 21.4 Å². The van der Waals surface area contributed by atoms with Crippen LogP contribution in [0.25, 0.3) is 15.5 Å². The van der Waals surface area contributed by atoms with Crippen LogP contribution in [0.2, 0.25) is 5.02 Å². The Balaban J connectivity index is 2.15. The molecule has 0 fully saturated rings. The Morgan fingerprint density at radius 2 is 2.00 bits per heavy atom. The Bertz CT molecular complexity index is 739. The van der Waals surface area contributed by atoms with Gasteiger partial charge in [0.05, 0.1) is 0 Å². The van der Waals surface area contributed by atoms with Crippen LogP contribution in [0, 0.1) is 0 Å². The van der Waals surface area contributed by atoms with Crippen LogP contribution in [0.4, 0.5) is 0 Å². The Labute approximate surface area is 120 Å². The molecule has 6 heteroatoms. The van der Waals surface area contributed by atoms with Crippen LogP contribution >= 0.6 is 22.9 Å². The van der Waals surface area contributed by atoms with Crippen molar-refractivity contribution in [1.29, 1.82) is 0 Å². The molecule has 0 spiro atoms. The smallest absolute Gasteiger partial charge is 0.186 e. The molecule has 0 amide bonds. The zero-order valence-corrected chi connectivity index (χ0v) is 12.5. The molecule has 0 bridgehead atoms. The normalized spacial score (nSPS) is 12.2. The Hall–Kier alpha value is -1.46. The molecule has 19 heavy (non-hydrogen) atoms. The van der Waals surface area contributed by atoms with Crippen LogP contribution < -0.4 is 0 Å². The Morgan fingerprint density at radius 3 is 2.68 bits per heavy atom. The first kappa shape index (κ1) is 12.6. The number of fused-ring (bicyclic) bond motifs is 1. The summed E-state index contributed by atoms with van der Waals surface area (Å²) in [6.45, 7) is 6.30. The highest BCUT2D eigenvalue weighted by Crippen LogP contribution is 2.29. The summed E-state index contributed by atoms with van der Waals surface area (Å²) in [7, 11) is 0. The van der Waals surface area contributed by atoms with Crippen molar-refractivity contribution >= 4 is 27.9 Å². The van der Waals surface area contributed by atoms with Crippen molar-refractivity contribution in [3.8, 4) is 10.6 Å². The van der Waals surface area contributed by atoms with Gasteiger partial charge in [0.2, 0.25) is 4.96 Å². The molecule has 0 aliphatic heterocycles. The Morgan fingerprint density at radius 1 is 1.21 bits per heavy atom. The number of hydrogen-bond donors (Lipinski definition) is 0. The maximum absolute atomic E-state index is 6.01. The molecule has 0 saturated carbocycles. The molecule has 0 unspecified atom stereocenters. The van der Waals surface area contributed by atoms with E-state index in [1.54, 1.807) is 0 Å². The lowest BCUT2D eigenvalue weighted by atomic mass is 9.96. The van der Waals surface area contributed by atoms with Gasteiger partial charge in [-0.2, -0.15) is 9.61 Å². The predicted octanol–water partition coefficient (Wildman–Crippen LogP) is 3.80. The van der Waals surface area contributed by atoms with E-state index in [0.29, 0.717) is 5.02 Å². The van der Waals surface area contributed by atoms with Crippen LogP contribution in [0.3, 0.4) is 0 Å². The van der Waals surface area contributed by atoms with Crippen molar-refractivity contribution in [2.75, 3.05) is 0 Å². The molecule has 4 nitrogen and oxygen atoms in total. The molecule has 98 valence electrons. The first-order valence-electron chi connectivity index (χ1n) is 5.94.